The zero-order valence-electron chi connectivity index (χ0n) is 15.3. The molecule has 4 nitrogen and oxygen atoms in total. The first-order valence-electron chi connectivity index (χ1n) is 8.95. The fourth-order valence-corrected chi connectivity index (χ4v) is 3.48. The molecule has 0 radical (unpaired) electrons. The van der Waals surface area contributed by atoms with Crippen LogP contribution in [0, 0.1) is 23.6 Å². The molecule has 2 heterocycles. The van der Waals surface area contributed by atoms with Crippen molar-refractivity contribution in [1.82, 2.24) is 9.88 Å². The molecule has 1 aliphatic heterocycles. The van der Waals surface area contributed by atoms with Crippen LogP contribution in [-0.4, -0.2) is 28.9 Å². The Bertz CT molecular complexity index is 1190. The summed E-state index contributed by atoms with van der Waals surface area (Å²) in [6.45, 7) is 0.260. The van der Waals surface area contributed by atoms with E-state index in [1.54, 1.807) is 18.2 Å². The Balaban J connectivity index is 1.52. The van der Waals surface area contributed by atoms with Crippen molar-refractivity contribution in [2.45, 2.75) is 12.6 Å². The Morgan fingerprint density at radius 1 is 1.27 bits per heavy atom. The van der Waals surface area contributed by atoms with Crippen LogP contribution in [0.25, 0.3) is 11.1 Å². The molecule has 30 heavy (non-hydrogen) atoms. The number of hydrogen-bond donors (Lipinski definition) is 0. The highest BCUT2D eigenvalue weighted by Crippen LogP contribution is 2.34. The Kier molecular flexibility index (Phi) is 5.16. The number of hydrogen-bond acceptors (Lipinski definition) is 3. The topological polar surface area (TPSA) is 46.3 Å². The minimum absolute atomic E-state index is 0.0868. The fourth-order valence-electron chi connectivity index (χ4n) is 3.31. The zero-order chi connectivity index (χ0) is 21.5. The first-order chi connectivity index (χ1) is 14.2. The molecule has 3 aromatic rings. The highest BCUT2D eigenvalue weighted by atomic mass is 35.5. The summed E-state index contributed by atoms with van der Waals surface area (Å²) in [5, 5.41) is 0.495. The lowest BCUT2D eigenvalue weighted by Gasteiger charge is -2.19. The smallest absolute Gasteiger partial charge is 0.417 e. The Labute approximate surface area is 173 Å². The molecular weight excluding hydrogens is 424 g/mol. The standard InChI is InChI=1S/C21H13ClF4N2O2/c22-13-5-6-16-17(10-13)30-18(27-16)7-4-12-8-9-28(11-12)20(29)19-14(21(24,25)26)2-1-3-15(19)23/h1-3,5-6,10,12H,8-9,11H2/t12-/m1/s1. The van der Waals surface area contributed by atoms with E-state index in [1.165, 1.54) is 4.90 Å². The predicted molar refractivity (Wildman–Crippen MR) is 101 cm³/mol. The third-order valence-corrected chi connectivity index (χ3v) is 4.98. The molecule has 9 heteroatoms. The number of rotatable bonds is 1. The number of amides is 1. The maximum absolute atomic E-state index is 14.1. The van der Waals surface area contributed by atoms with Gasteiger partial charge in [0.05, 0.1) is 11.1 Å². The van der Waals surface area contributed by atoms with Crippen molar-refractivity contribution in [3.05, 3.63) is 64.3 Å². The number of carbonyl (C=O) groups is 1. The average molecular weight is 437 g/mol. The maximum Gasteiger partial charge on any atom is 0.417 e. The van der Waals surface area contributed by atoms with Crippen molar-refractivity contribution in [1.29, 1.82) is 0 Å². The van der Waals surface area contributed by atoms with Gasteiger partial charge in [-0.1, -0.05) is 23.6 Å². The molecule has 0 bridgehead atoms. The number of oxazole rings is 1. The minimum atomic E-state index is -4.83. The summed E-state index contributed by atoms with van der Waals surface area (Å²) in [6.07, 6.45) is -4.39. The Morgan fingerprint density at radius 2 is 2.07 bits per heavy atom. The van der Waals surface area contributed by atoms with Crippen LogP contribution >= 0.6 is 11.6 Å². The first-order valence-corrected chi connectivity index (χ1v) is 9.33. The van der Waals surface area contributed by atoms with E-state index in [9.17, 15) is 22.4 Å². The number of likely N-dealkylation sites (tertiary alicyclic amines) is 1. The summed E-state index contributed by atoms with van der Waals surface area (Å²) in [4.78, 5) is 18.0. The highest BCUT2D eigenvalue weighted by Gasteiger charge is 2.39. The molecule has 0 spiro atoms. The van der Waals surface area contributed by atoms with Crippen molar-refractivity contribution in [3.63, 3.8) is 0 Å². The second-order valence-electron chi connectivity index (χ2n) is 6.80. The Morgan fingerprint density at radius 3 is 2.83 bits per heavy atom. The second kappa shape index (κ2) is 7.65. The van der Waals surface area contributed by atoms with E-state index >= 15 is 0 Å². The quantitative estimate of drug-likeness (QED) is 0.391. The number of alkyl halides is 3. The normalized spacial score (nSPS) is 16.6. The van der Waals surface area contributed by atoms with Gasteiger partial charge in [-0.2, -0.15) is 13.2 Å². The summed E-state index contributed by atoms with van der Waals surface area (Å²) in [5.41, 5.74) is -1.18. The molecule has 1 fully saturated rings. The number of aromatic nitrogens is 1. The van der Waals surface area contributed by atoms with Gasteiger partial charge >= 0.3 is 6.18 Å². The SMILES string of the molecule is O=C(c1c(F)cccc1C(F)(F)F)N1CC[C@@H](C#Cc2nc3ccc(Cl)cc3o2)C1. The van der Waals surface area contributed by atoms with Crippen LogP contribution in [0.3, 0.4) is 0 Å². The monoisotopic (exact) mass is 436 g/mol. The van der Waals surface area contributed by atoms with Crippen molar-refractivity contribution >= 4 is 28.6 Å². The first kappa shape index (κ1) is 20.2. The lowest BCUT2D eigenvalue weighted by molar-refractivity contribution is -0.138. The van der Waals surface area contributed by atoms with Crippen LogP contribution < -0.4 is 0 Å². The van der Waals surface area contributed by atoms with Crippen LogP contribution in [-0.2, 0) is 6.18 Å². The highest BCUT2D eigenvalue weighted by molar-refractivity contribution is 6.31. The maximum atomic E-state index is 14.1. The predicted octanol–water partition coefficient (Wildman–Crippen LogP) is 5.15. The zero-order valence-corrected chi connectivity index (χ0v) is 16.0. The summed E-state index contributed by atoms with van der Waals surface area (Å²) in [5.74, 6) is 3.37. The lowest BCUT2D eigenvalue weighted by Crippen LogP contribution is -2.31. The molecule has 2 aromatic carbocycles. The van der Waals surface area contributed by atoms with Gasteiger partial charge in [-0.25, -0.2) is 9.37 Å². The van der Waals surface area contributed by atoms with Gasteiger partial charge in [0.1, 0.15) is 11.3 Å². The molecule has 0 N–H and O–H groups in total. The van der Waals surface area contributed by atoms with Crippen LogP contribution in [0.2, 0.25) is 5.02 Å². The van der Waals surface area contributed by atoms with Gasteiger partial charge in [0.2, 0.25) is 0 Å². The molecule has 0 aliphatic carbocycles. The summed E-state index contributed by atoms with van der Waals surface area (Å²) < 4.78 is 59.1. The number of nitrogens with zero attached hydrogens (tertiary/aromatic N) is 2. The van der Waals surface area contributed by atoms with E-state index in [4.69, 9.17) is 16.0 Å². The number of fused-ring (bicyclic) bond motifs is 1. The van der Waals surface area contributed by atoms with Crippen molar-refractivity contribution in [3.8, 4) is 11.8 Å². The third kappa shape index (κ3) is 3.98. The van der Waals surface area contributed by atoms with E-state index in [-0.39, 0.29) is 24.9 Å². The Hall–Kier alpha value is -3.05. The van der Waals surface area contributed by atoms with Crippen LogP contribution in [0.15, 0.2) is 40.8 Å². The molecule has 4 rings (SSSR count). The molecule has 1 aliphatic rings. The molecule has 154 valence electrons. The van der Waals surface area contributed by atoms with E-state index in [0.717, 1.165) is 12.1 Å². The van der Waals surface area contributed by atoms with Gasteiger partial charge in [-0.05, 0) is 36.6 Å². The van der Waals surface area contributed by atoms with Crippen LogP contribution in [0.4, 0.5) is 17.6 Å². The minimum Gasteiger partial charge on any atom is -0.430 e. The van der Waals surface area contributed by atoms with Crippen LogP contribution in [0.5, 0.6) is 0 Å². The average Bonchev–Trinajstić information content (AvgIpc) is 3.31. The molecule has 1 aromatic heterocycles. The molecule has 1 atom stereocenters. The van der Waals surface area contributed by atoms with Gasteiger partial charge in [0, 0.05) is 30.1 Å². The summed E-state index contributed by atoms with van der Waals surface area (Å²) in [6, 6.07) is 7.44. The number of halogens is 5. The molecule has 0 unspecified atom stereocenters. The molecular formula is C21H13ClF4N2O2. The van der Waals surface area contributed by atoms with E-state index in [2.05, 4.69) is 16.8 Å². The van der Waals surface area contributed by atoms with Crippen molar-refractivity contribution in [2.24, 2.45) is 5.92 Å². The van der Waals surface area contributed by atoms with Gasteiger partial charge < -0.3 is 9.32 Å². The molecule has 1 saturated heterocycles. The van der Waals surface area contributed by atoms with E-state index in [1.807, 2.05) is 0 Å². The summed E-state index contributed by atoms with van der Waals surface area (Å²) >= 11 is 5.90. The van der Waals surface area contributed by atoms with E-state index < -0.39 is 29.0 Å². The summed E-state index contributed by atoms with van der Waals surface area (Å²) in [7, 11) is 0. The van der Waals surface area contributed by atoms with Crippen molar-refractivity contribution in [2.75, 3.05) is 13.1 Å². The number of benzene rings is 2. The van der Waals surface area contributed by atoms with Gasteiger partial charge in [0.15, 0.2) is 5.58 Å². The van der Waals surface area contributed by atoms with Crippen LogP contribution in [0.1, 0.15) is 28.2 Å². The largest absolute Gasteiger partial charge is 0.430 e. The number of carbonyl (C=O) groups excluding carboxylic acids is 1. The van der Waals surface area contributed by atoms with Gasteiger partial charge in [-0.15, -0.1) is 0 Å². The van der Waals surface area contributed by atoms with Gasteiger partial charge in [0.25, 0.3) is 11.8 Å². The molecule has 1 amide bonds. The molecule has 0 saturated carbocycles. The van der Waals surface area contributed by atoms with Crippen molar-refractivity contribution < 1.29 is 26.8 Å². The van der Waals surface area contributed by atoms with Gasteiger partial charge in [-0.3, -0.25) is 4.79 Å². The third-order valence-electron chi connectivity index (χ3n) is 4.74. The second-order valence-corrected chi connectivity index (χ2v) is 7.23. The van der Waals surface area contributed by atoms with E-state index in [0.29, 0.717) is 28.6 Å². The fraction of sp³-hybridized carbons (Fsp3) is 0.238. The lowest BCUT2D eigenvalue weighted by atomic mass is 10.0.